The van der Waals surface area contributed by atoms with E-state index in [-0.39, 0.29) is 24.9 Å². The van der Waals surface area contributed by atoms with Gasteiger partial charge >= 0.3 is 0 Å². The number of thiophene rings is 1. The molecule has 28 heavy (non-hydrogen) atoms. The van der Waals surface area contributed by atoms with Gasteiger partial charge < -0.3 is 10.1 Å². The molecule has 2 heterocycles. The molecule has 0 unspecified atom stereocenters. The number of amides is 1. The molecule has 0 radical (unpaired) electrons. The van der Waals surface area contributed by atoms with Crippen LogP contribution in [0.15, 0.2) is 67.1 Å². The minimum Gasteiger partial charge on any atom is -0.489 e. The third kappa shape index (κ3) is 3.84. The molecular formula is C21H16FN3O2S. The number of benzene rings is 2. The first-order chi connectivity index (χ1) is 13.7. The smallest absolute Gasteiger partial charge is 0.262 e. The second-order valence-electron chi connectivity index (χ2n) is 6.00. The van der Waals surface area contributed by atoms with Crippen LogP contribution in [0, 0.1) is 5.82 Å². The van der Waals surface area contributed by atoms with E-state index in [0.29, 0.717) is 32.0 Å². The van der Waals surface area contributed by atoms with Gasteiger partial charge in [-0.3, -0.25) is 14.8 Å². The van der Waals surface area contributed by atoms with E-state index in [1.165, 1.54) is 17.4 Å². The predicted molar refractivity (Wildman–Crippen MR) is 106 cm³/mol. The van der Waals surface area contributed by atoms with Crippen molar-refractivity contribution in [2.75, 3.05) is 0 Å². The van der Waals surface area contributed by atoms with Crippen LogP contribution in [-0.4, -0.2) is 15.9 Å². The Hall–Kier alpha value is -3.32. The Balaban J connectivity index is 1.62. The zero-order chi connectivity index (χ0) is 19.3. The van der Waals surface area contributed by atoms with Crippen molar-refractivity contribution in [1.82, 2.24) is 15.3 Å². The van der Waals surface area contributed by atoms with Crippen LogP contribution in [0.2, 0.25) is 0 Å². The summed E-state index contributed by atoms with van der Waals surface area (Å²) in [5.74, 6) is -0.00425. The van der Waals surface area contributed by atoms with Crippen molar-refractivity contribution in [3.05, 3.63) is 89.1 Å². The topological polar surface area (TPSA) is 64.1 Å². The van der Waals surface area contributed by atoms with E-state index in [1.54, 1.807) is 30.7 Å². The average molecular weight is 393 g/mol. The van der Waals surface area contributed by atoms with Crippen molar-refractivity contribution < 1.29 is 13.9 Å². The number of fused-ring (bicyclic) bond motifs is 1. The summed E-state index contributed by atoms with van der Waals surface area (Å²) in [5.41, 5.74) is 1.18. The Bertz CT molecular complexity index is 1100. The van der Waals surface area contributed by atoms with Crippen LogP contribution in [-0.2, 0) is 13.2 Å². The van der Waals surface area contributed by atoms with Gasteiger partial charge in [-0.2, -0.15) is 0 Å². The number of hydrogen-bond acceptors (Lipinski definition) is 5. The summed E-state index contributed by atoms with van der Waals surface area (Å²) in [6.45, 7) is 0.335. The van der Waals surface area contributed by atoms with Crippen LogP contribution in [0.3, 0.4) is 0 Å². The standard InChI is InChI=1S/C21H16FN3O2S/c22-17-7-4-8-18-19(17)16(13-27-15-5-2-1-3-6-15)20(28-18)21(26)25-12-14-11-23-9-10-24-14/h1-11H,12-13H2,(H,25,26). The van der Waals surface area contributed by atoms with Crippen molar-refractivity contribution in [2.24, 2.45) is 0 Å². The first-order valence-electron chi connectivity index (χ1n) is 8.63. The molecule has 4 aromatic rings. The lowest BCUT2D eigenvalue weighted by molar-refractivity contribution is 0.0952. The van der Waals surface area contributed by atoms with Gasteiger partial charge in [0.05, 0.1) is 23.3 Å². The van der Waals surface area contributed by atoms with Crippen LogP contribution < -0.4 is 10.1 Å². The monoisotopic (exact) mass is 393 g/mol. The SMILES string of the molecule is O=C(NCc1cnccn1)c1sc2cccc(F)c2c1COc1ccccc1. The molecular weight excluding hydrogens is 377 g/mol. The average Bonchev–Trinajstić information content (AvgIpc) is 3.12. The van der Waals surface area contributed by atoms with Gasteiger partial charge in [-0.15, -0.1) is 11.3 Å². The van der Waals surface area contributed by atoms with Crippen molar-refractivity contribution >= 4 is 27.3 Å². The third-order valence-electron chi connectivity index (χ3n) is 4.14. The molecule has 0 atom stereocenters. The van der Waals surface area contributed by atoms with Crippen LogP contribution >= 0.6 is 11.3 Å². The van der Waals surface area contributed by atoms with E-state index in [0.717, 1.165) is 0 Å². The number of carbonyl (C=O) groups excluding carboxylic acids is 1. The van der Waals surface area contributed by atoms with Gasteiger partial charge in [-0.1, -0.05) is 24.3 Å². The molecule has 0 fully saturated rings. The van der Waals surface area contributed by atoms with Crippen LogP contribution in [0.1, 0.15) is 20.9 Å². The first kappa shape index (κ1) is 18.1. The molecule has 2 aromatic carbocycles. The Labute approximate surface area is 164 Å². The molecule has 140 valence electrons. The van der Waals surface area contributed by atoms with E-state index >= 15 is 0 Å². The molecule has 1 amide bonds. The minimum atomic E-state index is -0.367. The summed E-state index contributed by atoms with van der Waals surface area (Å²) in [4.78, 5) is 21.4. The van der Waals surface area contributed by atoms with E-state index in [9.17, 15) is 9.18 Å². The third-order valence-corrected chi connectivity index (χ3v) is 5.34. The minimum absolute atomic E-state index is 0.0961. The number of para-hydroxylation sites is 1. The lowest BCUT2D eigenvalue weighted by Crippen LogP contribution is -2.23. The first-order valence-corrected chi connectivity index (χ1v) is 9.45. The van der Waals surface area contributed by atoms with E-state index in [2.05, 4.69) is 15.3 Å². The second kappa shape index (κ2) is 8.14. The fourth-order valence-corrected chi connectivity index (χ4v) is 3.97. The maximum Gasteiger partial charge on any atom is 0.262 e. The second-order valence-corrected chi connectivity index (χ2v) is 7.06. The van der Waals surface area contributed by atoms with Crippen molar-refractivity contribution in [3.63, 3.8) is 0 Å². The number of hydrogen-bond donors (Lipinski definition) is 1. The molecule has 1 N–H and O–H groups in total. The van der Waals surface area contributed by atoms with Gasteiger partial charge in [-0.05, 0) is 24.3 Å². The summed E-state index contributed by atoms with van der Waals surface area (Å²) in [6.07, 6.45) is 4.72. The van der Waals surface area contributed by atoms with Gasteiger partial charge in [-0.25, -0.2) is 4.39 Å². The van der Waals surface area contributed by atoms with Crippen LogP contribution in [0.5, 0.6) is 5.75 Å². The zero-order valence-electron chi connectivity index (χ0n) is 14.8. The quantitative estimate of drug-likeness (QED) is 0.529. The Morgan fingerprint density at radius 3 is 2.75 bits per heavy atom. The summed E-state index contributed by atoms with van der Waals surface area (Å²) < 4.78 is 21.0. The molecule has 0 aliphatic rings. The number of ether oxygens (including phenoxy) is 1. The number of carbonyl (C=O) groups is 1. The molecule has 0 spiro atoms. The van der Waals surface area contributed by atoms with Crippen molar-refractivity contribution in [2.45, 2.75) is 13.2 Å². The van der Waals surface area contributed by atoms with Crippen molar-refractivity contribution in [1.29, 1.82) is 0 Å². The summed E-state index contributed by atoms with van der Waals surface area (Å²) in [7, 11) is 0. The highest BCUT2D eigenvalue weighted by molar-refractivity contribution is 7.21. The highest BCUT2D eigenvalue weighted by Gasteiger charge is 2.21. The molecule has 0 aliphatic carbocycles. The fourth-order valence-electron chi connectivity index (χ4n) is 2.83. The molecule has 5 nitrogen and oxygen atoms in total. The van der Waals surface area contributed by atoms with Crippen LogP contribution in [0.4, 0.5) is 4.39 Å². The summed E-state index contributed by atoms with van der Waals surface area (Å²) in [5, 5.41) is 3.25. The normalized spacial score (nSPS) is 10.8. The van der Waals surface area contributed by atoms with Gasteiger partial charge in [0.25, 0.3) is 5.91 Å². The summed E-state index contributed by atoms with van der Waals surface area (Å²) in [6, 6.07) is 14.1. The Morgan fingerprint density at radius 2 is 1.96 bits per heavy atom. The highest BCUT2D eigenvalue weighted by atomic mass is 32.1. The lowest BCUT2D eigenvalue weighted by Gasteiger charge is -2.09. The van der Waals surface area contributed by atoms with Crippen molar-refractivity contribution in [3.8, 4) is 5.75 Å². The molecule has 0 saturated carbocycles. The molecule has 0 saturated heterocycles. The van der Waals surface area contributed by atoms with E-state index in [1.807, 2.05) is 30.3 Å². The lowest BCUT2D eigenvalue weighted by atomic mass is 10.1. The maximum absolute atomic E-state index is 14.5. The van der Waals surface area contributed by atoms with Gasteiger partial charge in [0.15, 0.2) is 0 Å². The van der Waals surface area contributed by atoms with Gasteiger partial charge in [0, 0.05) is 28.0 Å². The number of nitrogens with one attached hydrogen (secondary N) is 1. The molecule has 0 aliphatic heterocycles. The number of rotatable bonds is 6. The molecule has 7 heteroatoms. The molecule has 4 rings (SSSR count). The molecule has 2 aromatic heterocycles. The zero-order valence-corrected chi connectivity index (χ0v) is 15.6. The number of halogens is 1. The fraction of sp³-hybridized carbons (Fsp3) is 0.0952. The highest BCUT2D eigenvalue weighted by Crippen LogP contribution is 2.34. The predicted octanol–water partition coefficient (Wildman–Crippen LogP) is 4.34. The Morgan fingerprint density at radius 1 is 1.11 bits per heavy atom. The molecule has 0 bridgehead atoms. The van der Waals surface area contributed by atoms with Crippen LogP contribution in [0.25, 0.3) is 10.1 Å². The van der Waals surface area contributed by atoms with E-state index < -0.39 is 0 Å². The number of aromatic nitrogens is 2. The maximum atomic E-state index is 14.5. The van der Waals surface area contributed by atoms with Gasteiger partial charge in [0.2, 0.25) is 0 Å². The largest absolute Gasteiger partial charge is 0.489 e. The Kier molecular flexibility index (Phi) is 5.25. The van der Waals surface area contributed by atoms with E-state index in [4.69, 9.17) is 4.74 Å². The summed E-state index contributed by atoms with van der Waals surface area (Å²) >= 11 is 1.25. The number of nitrogens with zero attached hydrogens (tertiary/aromatic N) is 2. The van der Waals surface area contributed by atoms with Gasteiger partial charge in [0.1, 0.15) is 18.2 Å².